The molecule has 0 radical (unpaired) electrons. The van der Waals surface area contributed by atoms with Crippen molar-refractivity contribution in [2.75, 3.05) is 17.3 Å². The van der Waals surface area contributed by atoms with Gasteiger partial charge in [0.15, 0.2) is 0 Å². The van der Waals surface area contributed by atoms with Gasteiger partial charge in [0.2, 0.25) is 5.95 Å². The van der Waals surface area contributed by atoms with Crippen molar-refractivity contribution in [3.8, 4) is 5.75 Å². The summed E-state index contributed by atoms with van der Waals surface area (Å²) in [5, 5.41) is 7.95. The number of methoxy groups -OCH3 is 1. The topological polar surface area (TPSA) is 89.4 Å². The van der Waals surface area contributed by atoms with Gasteiger partial charge in [-0.3, -0.25) is 9.59 Å². The Labute approximate surface area is 200 Å². The summed E-state index contributed by atoms with van der Waals surface area (Å²) in [6.45, 7) is 0. The molecule has 0 spiro atoms. The highest BCUT2D eigenvalue weighted by molar-refractivity contribution is 6.33. The summed E-state index contributed by atoms with van der Waals surface area (Å²) in [5.74, 6) is -0.0908. The number of benzene rings is 3. The third-order valence-electron chi connectivity index (χ3n) is 6.44. The number of hydrogen-bond donors (Lipinski definition) is 1. The number of aromatic nitrogens is 3. The molecular formula is C26H20FN5O3. The summed E-state index contributed by atoms with van der Waals surface area (Å²) in [5.41, 5.74) is 2.50. The third kappa shape index (κ3) is 3.43. The molecule has 9 heteroatoms. The lowest BCUT2D eigenvalue weighted by atomic mass is 9.93. The molecule has 2 atom stereocenters. The molecule has 3 heterocycles. The number of anilines is 2. The Morgan fingerprint density at radius 2 is 1.54 bits per heavy atom. The number of imide groups is 1. The van der Waals surface area contributed by atoms with Gasteiger partial charge in [0.1, 0.15) is 11.6 Å². The Morgan fingerprint density at radius 3 is 2.17 bits per heavy atom. The first-order valence-corrected chi connectivity index (χ1v) is 11.1. The smallest absolute Gasteiger partial charge is 0.268 e. The zero-order valence-electron chi connectivity index (χ0n) is 18.7. The Balaban J connectivity index is 1.41. The normalized spacial score (nSPS) is 18.7. The first-order valence-electron chi connectivity index (χ1n) is 11.1. The largest absolute Gasteiger partial charge is 0.497 e. The van der Waals surface area contributed by atoms with Crippen LogP contribution in [0.5, 0.6) is 5.75 Å². The molecule has 6 rings (SSSR count). The number of fused-ring (bicyclic) bond motifs is 2. The minimum absolute atomic E-state index is 0.00110. The number of ether oxygens (including phenoxy) is 1. The lowest BCUT2D eigenvalue weighted by Gasteiger charge is -2.31. The zero-order chi connectivity index (χ0) is 24.1. The molecule has 0 saturated heterocycles. The molecule has 0 bridgehead atoms. The molecular weight excluding hydrogens is 449 g/mol. The van der Waals surface area contributed by atoms with Crippen LogP contribution in [0.3, 0.4) is 0 Å². The molecule has 2 aliphatic heterocycles. The van der Waals surface area contributed by atoms with E-state index in [1.807, 2.05) is 24.3 Å². The number of nitrogens with zero attached hydrogens (tertiary/aromatic N) is 4. The fourth-order valence-electron chi connectivity index (χ4n) is 4.65. The molecule has 1 aromatic heterocycles. The summed E-state index contributed by atoms with van der Waals surface area (Å²) in [4.78, 5) is 31.5. The average molecular weight is 469 g/mol. The maximum Gasteiger partial charge on any atom is 0.268 e. The predicted octanol–water partition coefficient (Wildman–Crippen LogP) is 4.37. The van der Waals surface area contributed by atoms with Crippen molar-refractivity contribution in [1.29, 1.82) is 0 Å². The zero-order valence-corrected chi connectivity index (χ0v) is 18.7. The standard InChI is InChI=1S/C26H20FN5O3/c1-35-18-12-8-15(9-13-18)21-14-22(16-6-10-17(27)11-7-16)32-25(28-21)29-26(30-32)31-23(33)19-4-2-3-5-20(19)24(31)34/h2-13,21-22H,14H2,1H3,(H,28,29,30)/t21-,22+/m1/s1. The van der Waals surface area contributed by atoms with E-state index in [2.05, 4.69) is 15.4 Å². The number of hydrogen-bond acceptors (Lipinski definition) is 6. The predicted molar refractivity (Wildman–Crippen MR) is 126 cm³/mol. The van der Waals surface area contributed by atoms with Crippen LogP contribution in [0.4, 0.5) is 16.3 Å². The van der Waals surface area contributed by atoms with Crippen molar-refractivity contribution >= 4 is 23.7 Å². The van der Waals surface area contributed by atoms with E-state index >= 15 is 0 Å². The number of rotatable bonds is 4. The van der Waals surface area contributed by atoms with Gasteiger partial charge in [-0.15, -0.1) is 5.10 Å². The number of halogens is 1. The summed E-state index contributed by atoms with van der Waals surface area (Å²) < 4.78 is 20.6. The summed E-state index contributed by atoms with van der Waals surface area (Å²) >= 11 is 0. The van der Waals surface area contributed by atoms with Gasteiger partial charge in [0.05, 0.1) is 30.3 Å². The Hall–Kier alpha value is -4.53. The van der Waals surface area contributed by atoms with Crippen LogP contribution in [-0.4, -0.2) is 33.7 Å². The lowest BCUT2D eigenvalue weighted by molar-refractivity contribution is 0.0923. The molecule has 2 aliphatic rings. The minimum atomic E-state index is -0.460. The van der Waals surface area contributed by atoms with Crippen molar-refractivity contribution < 1.29 is 18.7 Å². The van der Waals surface area contributed by atoms with Gasteiger partial charge in [-0.25, -0.2) is 14.0 Å². The van der Waals surface area contributed by atoms with Crippen molar-refractivity contribution in [3.05, 3.63) is 101 Å². The molecule has 4 aromatic rings. The molecule has 1 N–H and O–H groups in total. The second kappa shape index (κ2) is 8.05. The fourth-order valence-corrected chi connectivity index (χ4v) is 4.65. The van der Waals surface area contributed by atoms with Crippen LogP contribution < -0.4 is 15.0 Å². The second-order valence-corrected chi connectivity index (χ2v) is 8.44. The van der Waals surface area contributed by atoms with Crippen LogP contribution in [0.15, 0.2) is 72.8 Å². The van der Waals surface area contributed by atoms with Crippen LogP contribution in [0, 0.1) is 5.82 Å². The van der Waals surface area contributed by atoms with E-state index in [1.54, 1.807) is 48.2 Å². The molecule has 0 fully saturated rings. The number of nitrogens with one attached hydrogen (secondary N) is 1. The van der Waals surface area contributed by atoms with Gasteiger partial charge < -0.3 is 10.1 Å². The van der Waals surface area contributed by atoms with E-state index in [0.717, 1.165) is 21.8 Å². The second-order valence-electron chi connectivity index (χ2n) is 8.44. The van der Waals surface area contributed by atoms with Crippen LogP contribution in [0.2, 0.25) is 0 Å². The van der Waals surface area contributed by atoms with Crippen LogP contribution >= 0.6 is 0 Å². The van der Waals surface area contributed by atoms with E-state index in [-0.39, 0.29) is 23.8 Å². The fraction of sp³-hybridized carbons (Fsp3) is 0.154. The summed E-state index contributed by atoms with van der Waals surface area (Å²) in [6, 6.07) is 20.2. The maximum atomic E-state index is 13.6. The molecule has 35 heavy (non-hydrogen) atoms. The van der Waals surface area contributed by atoms with Gasteiger partial charge >= 0.3 is 0 Å². The number of amides is 2. The van der Waals surface area contributed by atoms with Gasteiger partial charge in [-0.2, -0.15) is 4.98 Å². The maximum absolute atomic E-state index is 13.6. The lowest BCUT2D eigenvalue weighted by Crippen LogP contribution is -2.30. The van der Waals surface area contributed by atoms with Gasteiger partial charge in [-0.1, -0.05) is 36.4 Å². The van der Waals surface area contributed by atoms with Crippen molar-refractivity contribution in [2.45, 2.75) is 18.5 Å². The Morgan fingerprint density at radius 1 is 0.914 bits per heavy atom. The van der Waals surface area contributed by atoms with Crippen LogP contribution in [-0.2, 0) is 0 Å². The molecule has 3 aromatic carbocycles. The highest BCUT2D eigenvalue weighted by Gasteiger charge is 2.40. The van der Waals surface area contributed by atoms with E-state index in [9.17, 15) is 14.0 Å². The van der Waals surface area contributed by atoms with Crippen LogP contribution in [0.1, 0.15) is 50.3 Å². The van der Waals surface area contributed by atoms with E-state index in [0.29, 0.717) is 23.5 Å². The number of carbonyl (C=O) groups is 2. The molecule has 0 saturated carbocycles. The molecule has 174 valence electrons. The van der Waals surface area contributed by atoms with E-state index in [4.69, 9.17) is 4.74 Å². The first-order chi connectivity index (χ1) is 17.0. The molecule has 0 aliphatic carbocycles. The van der Waals surface area contributed by atoms with Crippen molar-refractivity contribution in [1.82, 2.24) is 14.8 Å². The van der Waals surface area contributed by atoms with E-state index in [1.165, 1.54) is 12.1 Å². The van der Waals surface area contributed by atoms with Crippen molar-refractivity contribution in [3.63, 3.8) is 0 Å². The summed E-state index contributed by atoms with van der Waals surface area (Å²) in [7, 11) is 1.61. The van der Waals surface area contributed by atoms with Gasteiger partial charge in [0.25, 0.3) is 17.8 Å². The van der Waals surface area contributed by atoms with Crippen LogP contribution in [0.25, 0.3) is 0 Å². The van der Waals surface area contributed by atoms with Crippen molar-refractivity contribution in [2.24, 2.45) is 0 Å². The average Bonchev–Trinajstić information content (AvgIpc) is 3.42. The highest BCUT2D eigenvalue weighted by Crippen LogP contribution is 2.39. The summed E-state index contributed by atoms with van der Waals surface area (Å²) in [6.07, 6.45) is 0.593. The number of carbonyl (C=O) groups excluding carboxylic acids is 2. The quantitative estimate of drug-likeness (QED) is 0.447. The first kappa shape index (κ1) is 21.0. The Kier molecular flexibility index (Phi) is 4.84. The third-order valence-corrected chi connectivity index (χ3v) is 6.44. The monoisotopic (exact) mass is 469 g/mol. The molecule has 2 amide bonds. The minimum Gasteiger partial charge on any atom is -0.497 e. The SMILES string of the molecule is COc1ccc([C@H]2C[C@@H](c3ccc(F)cc3)n3nc(N4C(=O)c5ccccc5C4=O)nc3N2)cc1. The molecule has 8 nitrogen and oxygen atoms in total. The van der Waals surface area contributed by atoms with Gasteiger partial charge in [-0.05, 0) is 53.9 Å². The van der Waals surface area contributed by atoms with Gasteiger partial charge in [0, 0.05) is 0 Å². The Bertz CT molecular complexity index is 1410. The van der Waals surface area contributed by atoms with E-state index < -0.39 is 11.8 Å². The highest BCUT2D eigenvalue weighted by atomic mass is 19.1. The molecule has 0 unspecified atom stereocenters.